The fourth-order valence-corrected chi connectivity index (χ4v) is 1.58. The molecular formula is C10H11ClN2O. The molecule has 0 aliphatic carbocycles. The van der Waals surface area contributed by atoms with E-state index >= 15 is 0 Å². The fourth-order valence-electron chi connectivity index (χ4n) is 1.41. The number of halogens is 1. The van der Waals surface area contributed by atoms with Gasteiger partial charge in [0.05, 0.1) is 17.1 Å². The van der Waals surface area contributed by atoms with E-state index < -0.39 is 0 Å². The van der Waals surface area contributed by atoms with E-state index in [-0.39, 0.29) is 6.10 Å². The van der Waals surface area contributed by atoms with Crippen LogP contribution in [-0.4, -0.2) is 21.2 Å². The first-order valence-electron chi connectivity index (χ1n) is 4.47. The molecule has 0 aliphatic rings. The lowest BCUT2D eigenvalue weighted by Gasteiger charge is -1.97. The molecule has 0 saturated carbocycles. The predicted molar refractivity (Wildman–Crippen MR) is 56.5 cm³/mol. The number of nitrogens with zero attached hydrogens (tertiary/aromatic N) is 1. The number of H-pyrrole nitrogens is 1. The first-order valence-corrected chi connectivity index (χ1v) is 4.85. The molecule has 14 heavy (non-hydrogen) atoms. The van der Waals surface area contributed by atoms with E-state index in [1.807, 2.05) is 12.1 Å². The van der Waals surface area contributed by atoms with Gasteiger partial charge in [0.2, 0.25) is 0 Å². The van der Waals surface area contributed by atoms with E-state index in [1.165, 1.54) is 0 Å². The van der Waals surface area contributed by atoms with Gasteiger partial charge in [0.15, 0.2) is 0 Å². The maximum absolute atomic E-state index is 9.20. The Hall–Kier alpha value is -1.06. The second kappa shape index (κ2) is 3.59. The Labute approximate surface area is 86.7 Å². The molecule has 1 aromatic carbocycles. The van der Waals surface area contributed by atoms with Crippen molar-refractivity contribution in [1.29, 1.82) is 0 Å². The largest absolute Gasteiger partial charge is 0.393 e. The highest BCUT2D eigenvalue weighted by Gasteiger charge is 2.05. The third-order valence-corrected chi connectivity index (χ3v) is 2.22. The Bertz CT molecular complexity index is 450. The number of aromatic amines is 1. The van der Waals surface area contributed by atoms with Crippen molar-refractivity contribution < 1.29 is 5.11 Å². The van der Waals surface area contributed by atoms with Gasteiger partial charge in [0.1, 0.15) is 5.82 Å². The van der Waals surface area contributed by atoms with Gasteiger partial charge in [-0.1, -0.05) is 11.6 Å². The van der Waals surface area contributed by atoms with Crippen molar-refractivity contribution in [2.75, 3.05) is 0 Å². The number of benzene rings is 1. The summed E-state index contributed by atoms with van der Waals surface area (Å²) >= 11 is 5.84. The van der Waals surface area contributed by atoms with Crippen LogP contribution in [0, 0.1) is 0 Å². The molecule has 0 fully saturated rings. The zero-order valence-corrected chi connectivity index (χ0v) is 8.54. The summed E-state index contributed by atoms with van der Waals surface area (Å²) in [7, 11) is 0. The van der Waals surface area contributed by atoms with Crippen molar-refractivity contribution in [3.63, 3.8) is 0 Å². The Morgan fingerprint density at radius 3 is 3.07 bits per heavy atom. The van der Waals surface area contributed by atoms with Crippen LogP contribution in [0.2, 0.25) is 5.02 Å². The zero-order valence-electron chi connectivity index (χ0n) is 7.79. The van der Waals surface area contributed by atoms with Gasteiger partial charge < -0.3 is 10.1 Å². The molecule has 1 atom stereocenters. The van der Waals surface area contributed by atoms with Gasteiger partial charge in [0.25, 0.3) is 0 Å². The van der Waals surface area contributed by atoms with Crippen LogP contribution in [0.5, 0.6) is 0 Å². The summed E-state index contributed by atoms with van der Waals surface area (Å²) < 4.78 is 0. The normalized spacial score (nSPS) is 13.4. The number of imidazole rings is 1. The smallest absolute Gasteiger partial charge is 0.109 e. The van der Waals surface area contributed by atoms with E-state index in [0.717, 1.165) is 16.9 Å². The zero-order chi connectivity index (χ0) is 10.1. The van der Waals surface area contributed by atoms with Gasteiger partial charge in [0, 0.05) is 11.4 Å². The molecule has 0 spiro atoms. The molecule has 74 valence electrons. The Morgan fingerprint density at radius 1 is 1.57 bits per heavy atom. The molecule has 0 radical (unpaired) electrons. The van der Waals surface area contributed by atoms with Crippen molar-refractivity contribution in [3.05, 3.63) is 29.0 Å². The van der Waals surface area contributed by atoms with Crippen LogP contribution in [0.25, 0.3) is 11.0 Å². The fraction of sp³-hybridized carbons (Fsp3) is 0.300. The molecule has 3 nitrogen and oxygen atoms in total. The Balaban J connectivity index is 2.41. The number of aliphatic hydroxyl groups is 1. The van der Waals surface area contributed by atoms with E-state index in [9.17, 15) is 5.11 Å². The van der Waals surface area contributed by atoms with Crippen molar-refractivity contribution in [2.45, 2.75) is 19.4 Å². The molecule has 1 aromatic heterocycles. The maximum atomic E-state index is 9.20. The number of nitrogens with one attached hydrogen (secondary N) is 1. The van der Waals surface area contributed by atoms with Gasteiger partial charge >= 0.3 is 0 Å². The molecule has 0 amide bonds. The van der Waals surface area contributed by atoms with E-state index in [4.69, 9.17) is 11.6 Å². The molecule has 1 heterocycles. The molecule has 2 aromatic rings. The molecule has 2 N–H and O–H groups in total. The van der Waals surface area contributed by atoms with Crippen molar-refractivity contribution >= 4 is 22.6 Å². The monoisotopic (exact) mass is 210 g/mol. The summed E-state index contributed by atoms with van der Waals surface area (Å²) in [5, 5.41) is 9.88. The third-order valence-electron chi connectivity index (χ3n) is 1.98. The van der Waals surface area contributed by atoms with Crippen LogP contribution in [0.3, 0.4) is 0 Å². The molecular weight excluding hydrogens is 200 g/mol. The Morgan fingerprint density at radius 2 is 2.36 bits per heavy atom. The highest BCUT2D eigenvalue weighted by atomic mass is 35.5. The topological polar surface area (TPSA) is 48.9 Å². The second-order valence-electron chi connectivity index (χ2n) is 3.40. The first kappa shape index (κ1) is 9.49. The molecule has 0 saturated heterocycles. The number of aliphatic hydroxyl groups excluding tert-OH is 1. The molecule has 0 aliphatic heterocycles. The van der Waals surface area contributed by atoms with Crippen molar-refractivity contribution in [3.8, 4) is 0 Å². The van der Waals surface area contributed by atoms with Crippen molar-refractivity contribution in [2.24, 2.45) is 0 Å². The van der Waals surface area contributed by atoms with E-state index in [1.54, 1.807) is 13.0 Å². The summed E-state index contributed by atoms with van der Waals surface area (Å²) in [4.78, 5) is 7.43. The molecule has 0 unspecified atom stereocenters. The number of hydrogen-bond acceptors (Lipinski definition) is 2. The molecule has 0 bridgehead atoms. The van der Waals surface area contributed by atoms with Crippen LogP contribution in [0.4, 0.5) is 0 Å². The summed E-state index contributed by atoms with van der Waals surface area (Å²) in [6.07, 6.45) is 0.151. The summed E-state index contributed by atoms with van der Waals surface area (Å²) in [6.45, 7) is 1.74. The SMILES string of the molecule is C[C@@H](O)Cc1nc2ccc(Cl)cc2[nH]1. The van der Waals surface area contributed by atoms with Crippen LogP contribution in [-0.2, 0) is 6.42 Å². The quantitative estimate of drug-likeness (QED) is 0.798. The highest BCUT2D eigenvalue weighted by molar-refractivity contribution is 6.31. The lowest BCUT2D eigenvalue weighted by atomic mass is 10.3. The average Bonchev–Trinajstić information content (AvgIpc) is 2.44. The predicted octanol–water partition coefficient (Wildman–Crippen LogP) is 2.14. The maximum Gasteiger partial charge on any atom is 0.109 e. The lowest BCUT2D eigenvalue weighted by Crippen LogP contribution is -2.05. The van der Waals surface area contributed by atoms with E-state index in [2.05, 4.69) is 9.97 Å². The number of hydrogen-bond donors (Lipinski definition) is 2. The van der Waals surface area contributed by atoms with Crippen LogP contribution >= 0.6 is 11.6 Å². The highest BCUT2D eigenvalue weighted by Crippen LogP contribution is 2.17. The van der Waals surface area contributed by atoms with Crippen LogP contribution in [0.1, 0.15) is 12.7 Å². The number of rotatable bonds is 2. The number of fused-ring (bicyclic) bond motifs is 1. The summed E-state index contributed by atoms with van der Waals surface area (Å²) in [5.74, 6) is 0.789. The third kappa shape index (κ3) is 1.89. The number of aromatic nitrogens is 2. The Kier molecular flexibility index (Phi) is 2.44. The second-order valence-corrected chi connectivity index (χ2v) is 3.83. The van der Waals surface area contributed by atoms with E-state index in [0.29, 0.717) is 11.4 Å². The average molecular weight is 211 g/mol. The van der Waals surface area contributed by atoms with Gasteiger partial charge in [-0.25, -0.2) is 4.98 Å². The molecule has 4 heteroatoms. The lowest BCUT2D eigenvalue weighted by molar-refractivity contribution is 0.193. The summed E-state index contributed by atoms with van der Waals surface area (Å²) in [5.41, 5.74) is 1.79. The van der Waals surface area contributed by atoms with Gasteiger partial charge in [-0.3, -0.25) is 0 Å². The standard InChI is InChI=1S/C10H11ClN2O/c1-6(14)4-10-12-8-3-2-7(11)5-9(8)13-10/h2-3,5-6,14H,4H2,1H3,(H,12,13)/t6-/m1/s1. The van der Waals surface area contributed by atoms with Crippen LogP contribution < -0.4 is 0 Å². The van der Waals surface area contributed by atoms with Crippen molar-refractivity contribution in [1.82, 2.24) is 9.97 Å². The minimum atomic E-state index is -0.383. The summed E-state index contributed by atoms with van der Waals surface area (Å²) in [6, 6.07) is 5.49. The van der Waals surface area contributed by atoms with Gasteiger partial charge in [-0.2, -0.15) is 0 Å². The van der Waals surface area contributed by atoms with Gasteiger partial charge in [-0.15, -0.1) is 0 Å². The first-order chi connectivity index (χ1) is 6.65. The van der Waals surface area contributed by atoms with Gasteiger partial charge in [-0.05, 0) is 25.1 Å². The van der Waals surface area contributed by atoms with Crippen LogP contribution in [0.15, 0.2) is 18.2 Å². The minimum Gasteiger partial charge on any atom is -0.393 e. The molecule has 2 rings (SSSR count). The minimum absolute atomic E-state index is 0.383.